The molecule has 84 valence electrons. The largest absolute Gasteiger partial charge is 0.368 e. The smallest absolute Gasteiger partial charge is 0.248 e. The van der Waals surface area contributed by atoms with Gasteiger partial charge < -0.3 is 11.1 Å². The zero-order valence-corrected chi connectivity index (χ0v) is 9.01. The van der Waals surface area contributed by atoms with Gasteiger partial charge in [0, 0.05) is 11.1 Å². The molecule has 0 bridgehead atoms. The van der Waals surface area contributed by atoms with E-state index in [9.17, 15) is 0 Å². The monoisotopic (exact) mass is 225 g/mol. The van der Waals surface area contributed by atoms with Gasteiger partial charge in [-0.25, -0.2) is 5.10 Å². The van der Waals surface area contributed by atoms with Gasteiger partial charge in [0.15, 0.2) is 0 Å². The molecule has 0 spiro atoms. The number of nitrogens with two attached hydrogens (primary N) is 1. The Hall–Kier alpha value is -2.56. The fourth-order valence-electron chi connectivity index (χ4n) is 1.79. The summed E-state index contributed by atoms with van der Waals surface area (Å²) in [7, 11) is 0. The summed E-state index contributed by atoms with van der Waals surface area (Å²) in [4.78, 5) is 4.01. The second kappa shape index (κ2) is 3.79. The quantitative estimate of drug-likeness (QED) is 0.625. The molecule has 5 heteroatoms. The Morgan fingerprint density at radius 1 is 1.06 bits per heavy atom. The molecule has 0 saturated carbocycles. The molecule has 2 aromatic carbocycles. The maximum atomic E-state index is 5.48. The summed E-state index contributed by atoms with van der Waals surface area (Å²) in [6, 6.07) is 14.2. The molecule has 0 aliphatic rings. The van der Waals surface area contributed by atoms with Crippen molar-refractivity contribution < 1.29 is 0 Å². The SMILES string of the molecule is Nc1nc(Nc2cccc3ccccc23)n[nH]1. The zero-order chi connectivity index (χ0) is 11.7. The Morgan fingerprint density at radius 3 is 2.71 bits per heavy atom. The number of hydrogen-bond donors (Lipinski definition) is 3. The molecule has 0 amide bonds. The van der Waals surface area contributed by atoms with Gasteiger partial charge in [0.05, 0.1) is 0 Å². The average Bonchev–Trinajstić information content (AvgIpc) is 2.75. The highest BCUT2D eigenvalue weighted by Crippen LogP contribution is 2.24. The van der Waals surface area contributed by atoms with Gasteiger partial charge in [0.1, 0.15) is 0 Å². The van der Waals surface area contributed by atoms with Gasteiger partial charge in [-0.3, -0.25) is 0 Å². The average molecular weight is 225 g/mol. The van der Waals surface area contributed by atoms with Crippen molar-refractivity contribution >= 4 is 28.4 Å². The predicted molar refractivity (Wildman–Crippen MR) is 68.0 cm³/mol. The molecular formula is C12H11N5. The second-order valence-electron chi connectivity index (χ2n) is 3.70. The van der Waals surface area contributed by atoms with Gasteiger partial charge in [0.2, 0.25) is 11.9 Å². The van der Waals surface area contributed by atoms with E-state index < -0.39 is 0 Å². The van der Waals surface area contributed by atoms with Crippen LogP contribution in [-0.2, 0) is 0 Å². The summed E-state index contributed by atoms with van der Waals surface area (Å²) in [6.07, 6.45) is 0. The summed E-state index contributed by atoms with van der Waals surface area (Å²) < 4.78 is 0. The Balaban J connectivity index is 2.05. The van der Waals surface area contributed by atoms with Crippen molar-refractivity contribution in [2.45, 2.75) is 0 Å². The van der Waals surface area contributed by atoms with E-state index in [1.165, 1.54) is 5.39 Å². The molecule has 4 N–H and O–H groups in total. The van der Waals surface area contributed by atoms with Crippen LogP contribution in [0.15, 0.2) is 42.5 Å². The van der Waals surface area contributed by atoms with Crippen LogP contribution < -0.4 is 11.1 Å². The number of aromatic amines is 1. The molecule has 1 aromatic heterocycles. The standard InChI is InChI=1S/C12H11N5/c13-11-15-12(17-16-11)14-10-7-3-5-8-4-1-2-6-9(8)10/h1-7H,(H4,13,14,15,16,17). The summed E-state index contributed by atoms with van der Waals surface area (Å²) in [5.74, 6) is 0.770. The highest BCUT2D eigenvalue weighted by atomic mass is 15.3. The zero-order valence-electron chi connectivity index (χ0n) is 9.01. The fourth-order valence-corrected chi connectivity index (χ4v) is 1.79. The van der Waals surface area contributed by atoms with Gasteiger partial charge in [-0.15, -0.1) is 5.10 Å². The number of benzene rings is 2. The minimum Gasteiger partial charge on any atom is -0.368 e. The summed E-state index contributed by atoms with van der Waals surface area (Å²) in [5.41, 5.74) is 6.44. The molecule has 0 aliphatic heterocycles. The first-order valence-corrected chi connectivity index (χ1v) is 5.25. The number of anilines is 3. The van der Waals surface area contributed by atoms with E-state index in [-0.39, 0.29) is 0 Å². The number of nitrogen functional groups attached to an aromatic ring is 1. The third-order valence-electron chi connectivity index (χ3n) is 2.54. The maximum Gasteiger partial charge on any atom is 0.248 e. The number of nitrogens with zero attached hydrogens (tertiary/aromatic N) is 2. The van der Waals surface area contributed by atoms with Crippen molar-refractivity contribution in [2.24, 2.45) is 0 Å². The van der Waals surface area contributed by atoms with Crippen LogP contribution in [0.3, 0.4) is 0 Å². The topological polar surface area (TPSA) is 79.6 Å². The molecule has 0 radical (unpaired) electrons. The fraction of sp³-hybridized carbons (Fsp3) is 0. The van der Waals surface area contributed by atoms with Crippen LogP contribution in [-0.4, -0.2) is 15.2 Å². The predicted octanol–water partition coefficient (Wildman–Crippen LogP) is 2.28. The lowest BCUT2D eigenvalue weighted by molar-refractivity contribution is 1.10. The Labute approximate surface area is 97.7 Å². The van der Waals surface area contributed by atoms with Crippen LogP contribution in [0.4, 0.5) is 17.6 Å². The van der Waals surface area contributed by atoms with Crippen molar-refractivity contribution in [3.05, 3.63) is 42.5 Å². The lowest BCUT2D eigenvalue weighted by atomic mass is 10.1. The van der Waals surface area contributed by atoms with E-state index >= 15 is 0 Å². The van der Waals surface area contributed by atoms with E-state index in [0.29, 0.717) is 11.9 Å². The molecule has 3 aromatic rings. The van der Waals surface area contributed by atoms with E-state index in [4.69, 9.17) is 5.73 Å². The minimum atomic E-state index is 0.299. The molecule has 17 heavy (non-hydrogen) atoms. The second-order valence-corrected chi connectivity index (χ2v) is 3.70. The van der Waals surface area contributed by atoms with Crippen LogP contribution in [0.1, 0.15) is 0 Å². The van der Waals surface area contributed by atoms with Crippen LogP contribution in [0.5, 0.6) is 0 Å². The first-order valence-electron chi connectivity index (χ1n) is 5.25. The van der Waals surface area contributed by atoms with E-state index in [1.807, 2.05) is 30.3 Å². The van der Waals surface area contributed by atoms with Gasteiger partial charge >= 0.3 is 0 Å². The highest BCUT2D eigenvalue weighted by molar-refractivity contribution is 5.94. The molecule has 5 nitrogen and oxygen atoms in total. The Bertz CT molecular complexity index is 653. The number of H-pyrrole nitrogens is 1. The van der Waals surface area contributed by atoms with Crippen molar-refractivity contribution in [1.82, 2.24) is 15.2 Å². The molecule has 0 aliphatic carbocycles. The minimum absolute atomic E-state index is 0.299. The first-order chi connectivity index (χ1) is 8.33. The van der Waals surface area contributed by atoms with Crippen molar-refractivity contribution in [3.63, 3.8) is 0 Å². The summed E-state index contributed by atoms with van der Waals surface area (Å²) >= 11 is 0. The number of aromatic nitrogens is 3. The van der Waals surface area contributed by atoms with Crippen LogP contribution in [0.2, 0.25) is 0 Å². The normalized spacial score (nSPS) is 10.6. The van der Waals surface area contributed by atoms with E-state index in [0.717, 1.165) is 11.1 Å². The van der Waals surface area contributed by atoms with E-state index in [2.05, 4.69) is 32.6 Å². The third kappa shape index (κ3) is 1.78. The summed E-state index contributed by atoms with van der Waals surface area (Å²) in [5, 5.41) is 12.0. The molecule has 0 unspecified atom stereocenters. The number of rotatable bonds is 2. The molecule has 1 heterocycles. The summed E-state index contributed by atoms with van der Waals surface area (Å²) in [6.45, 7) is 0. The molecule has 0 atom stereocenters. The number of nitrogens with one attached hydrogen (secondary N) is 2. The van der Waals surface area contributed by atoms with Gasteiger partial charge in [-0.2, -0.15) is 4.98 Å². The van der Waals surface area contributed by atoms with Crippen molar-refractivity contribution in [3.8, 4) is 0 Å². The molecular weight excluding hydrogens is 214 g/mol. The highest BCUT2D eigenvalue weighted by Gasteiger charge is 2.03. The van der Waals surface area contributed by atoms with E-state index in [1.54, 1.807) is 0 Å². The Kier molecular flexibility index (Phi) is 2.15. The molecule has 0 fully saturated rings. The lowest BCUT2D eigenvalue weighted by Crippen LogP contribution is -1.93. The maximum absolute atomic E-state index is 5.48. The van der Waals surface area contributed by atoms with Crippen molar-refractivity contribution in [1.29, 1.82) is 0 Å². The first kappa shape index (κ1) is 9.65. The van der Waals surface area contributed by atoms with Crippen molar-refractivity contribution in [2.75, 3.05) is 11.1 Å². The molecule has 3 rings (SSSR count). The van der Waals surface area contributed by atoms with Crippen LogP contribution in [0, 0.1) is 0 Å². The van der Waals surface area contributed by atoms with Gasteiger partial charge in [0.25, 0.3) is 0 Å². The van der Waals surface area contributed by atoms with Gasteiger partial charge in [-0.05, 0) is 11.5 Å². The van der Waals surface area contributed by atoms with Crippen LogP contribution in [0.25, 0.3) is 10.8 Å². The third-order valence-corrected chi connectivity index (χ3v) is 2.54. The lowest BCUT2D eigenvalue weighted by Gasteiger charge is -2.05. The molecule has 0 saturated heterocycles. The van der Waals surface area contributed by atoms with Gasteiger partial charge in [-0.1, -0.05) is 36.4 Å². The Morgan fingerprint density at radius 2 is 1.88 bits per heavy atom. The van der Waals surface area contributed by atoms with Crippen LogP contribution >= 0.6 is 0 Å². The number of hydrogen-bond acceptors (Lipinski definition) is 4. The number of fused-ring (bicyclic) bond motifs is 1.